The number of fused-ring (bicyclic) bond motifs is 1. The molecule has 0 spiro atoms. The number of nitrogens with one attached hydrogen (secondary N) is 2. The first-order valence-corrected chi connectivity index (χ1v) is 10.1. The Labute approximate surface area is 187 Å². The van der Waals surface area contributed by atoms with Crippen molar-refractivity contribution in [1.29, 1.82) is 0 Å². The summed E-state index contributed by atoms with van der Waals surface area (Å²) in [5.41, 5.74) is 13.7. The molecule has 9 N–H and O–H groups in total. The number of benzene rings is 1. The van der Waals surface area contributed by atoms with Crippen molar-refractivity contribution >= 4 is 40.6 Å². The zero-order valence-electron chi connectivity index (χ0n) is 17.5. The normalized spacial score (nSPS) is 11.9. The fourth-order valence-corrected chi connectivity index (χ4v) is 3.49. The van der Waals surface area contributed by atoms with Crippen molar-refractivity contribution in [3.8, 4) is 5.88 Å². The van der Waals surface area contributed by atoms with Gasteiger partial charge in [0, 0.05) is 17.5 Å². The van der Waals surface area contributed by atoms with E-state index < -0.39 is 23.9 Å². The molecule has 0 aliphatic rings. The first-order valence-electron chi connectivity index (χ1n) is 10.1. The van der Waals surface area contributed by atoms with Crippen LogP contribution >= 0.6 is 0 Å². The van der Waals surface area contributed by atoms with Crippen molar-refractivity contribution in [2.75, 3.05) is 11.5 Å². The minimum absolute atomic E-state index is 0.00786. The Kier molecular flexibility index (Phi) is 6.96. The summed E-state index contributed by atoms with van der Waals surface area (Å²) in [6.07, 6.45) is 1.21. The highest BCUT2D eigenvalue weighted by molar-refractivity contribution is 5.96. The molecule has 0 saturated heterocycles. The van der Waals surface area contributed by atoms with Gasteiger partial charge in [0.15, 0.2) is 5.88 Å². The van der Waals surface area contributed by atoms with Gasteiger partial charge in [-0.2, -0.15) is 9.97 Å². The first kappa shape index (κ1) is 23.3. The molecule has 0 aliphatic carbocycles. The number of aromatic nitrogens is 3. The lowest BCUT2D eigenvalue weighted by atomic mass is 10.0. The van der Waals surface area contributed by atoms with Crippen molar-refractivity contribution in [2.45, 2.75) is 38.1 Å². The number of carbonyl (C=O) groups excluding carboxylic acids is 1. The van der Waals surface area contributed by atoms with Gasteiger partial charge in [-0.05, 0) is 43.4 Å². The molecule has 3 rings (SSSR count). The lowest BCUT2D eigenvalue weighted by Crippen LogP contribution is -2.41. The number of carbonyl (C=O) groups is 3. The molecule has 12 nitrogen and oxygen atoms in total. The highest BCUT2D eigenvalue weighted by atomic mass is 16.4. The molecule has 3 aromatic rings. The van der Waals surface area contributed by atoms with E-state index >= 15 is 0 Å². The van der Waals surface area contributed by atoms with Gasteiger partial charge in [0.05, 0.1) is 5.39 Å². The number of hydrogen-bond donors (Lipinski definition) is 7. The van der Waals surface area contributed by atoms with Crippen molar-refractivity contribution < 1.29 is 29.7 Å². The second kappa shape index (κ2) is 9.85. The third-order valence-corrected chi connectivity index (χ3v) is 5.14. The van der Waals surface area contributed by atoms with Crippen LogP contribution in [0.1, 0.15) is 40.7 Å². The quantitative estimate of drug-likeness (QED) is 0.230. The van der Waals surface area contributed by atoms with Gasteiger partial charge in [-0.25, -0.2) is 4.79 Å². The highest BCUT2D eigenvalue weighted by Crippen LogP contribution is 2.31. The highest BCUT2D eigenvalue weighted by Gasteiger charge is 2.21. The summed E-state index contributed by atoms with van der Waals surface area (Å²) in [5.74, 6) is -2.89. The number of aliphatic carboxylic acids is 2. The smallest absolute Gasteiger partial charge is 0.326 e. The number of H-pyrrole nitrogens is 1. The summed E-state index contributed by atoms with van der Waals surface area (Å²) in [7, 11) is 0. The summed E-state index contributed by atoms with van der Waals surface area (Å²) in [6.45, 7) is 0. The van der Waals surface area contributed by atoms with E-state index in [1.165, 1.54) is 0 Å². The molecule has 0 unspecified atom stereocenters. The van der Waals surface area contributed by atoms with Crippen LogP contribution in [0.25, 0.3) is 11.0 Å². The minimum atomic E-state index is -1.30. The van der Waals surface area contributed by atoms with Crippen LogP contribution in [-0.4, -0.2) is 54.2 Å². The Bertz CT molecular complexity index is 1190. The van der Waals surface area contributed by atoms with E-state index in [1.54, 1.807) is 24.3 Å². The minimum Gasteiger partial charge on any atom is -0.494 e. The Balaban J connectivity index is 1.59. The third kappa shape index (κ3) is 5.67. The molecule has 33 heavy (non-hydrogen) atoms. The standard InChI is InChI=1S/C21H24N6O6/c22-16-15-12(19(31)26-17(15)27-21(23)25-16)3-1-2-10-4-6-11(7-5-10)18(30)24-13(20(32)33)8-9-14(28)29/h4-7,13,31H,1-3,8-9H2,(H,24,30)(H,28,29)(H,32,33)(H5,22,23,25,26,27)/t13-/m0/s1. The number of carboxylic acid groups (broad SMARTS) is 2. The van der Waals surface area contributed by atoms with E-state index in [-0.39, 0.29) is 36.1 Å². The number of nitrogens with zero attached hydrogens (tertiary/aromatic N) is 2. The number of carboxylic acids is 2. The van der Waals surface area contributed by atoms with Crippen LogP contribution in [0.15, 0.2) is 24.3 Å². The van der Waals surface area contributed by atoms with Crippen molar-refractivity contribution in [3.63, 3.8) is 0 Å². The molecule has 2 aromatic heterocycles. The molecule has 1 atom stereocenters. The summed E-state index contributed by atoms with van der Waals surface area (Å²) in [6, 6.07) is 5.34. The topological polar surface area (TPSA) is 218 Å². The summed E-state index contributed by atoms with van der Waals surface area (Å²) in [5, 5.41) is 30.9. The number of hydrogen-bond acceptors (Lipinski definition) is 8. The second-order valence-electron chi connectivity index (χ2n) is 7.49. The van der Waals surface area contributed by atoms with Crippen LogP contribution in [-0.2, 0) is 22.4 Å². The Morgan fingerprint density at radius 2 is 1.76 bits per heavy atom. The van der Waals surface area contributed by atoms with Crippen LogP contribution in [0.3, 0.4) is 0 Å². The zero-order valence-corrected chi connectivity index (χ0v) is 17.5. The molecule has 0 radical (unpaired) electrons. The van der Waals surface area contributed by atoms with Gasteiger partial charge >= 0.3 is 11.9 Å². The monoisotopic (exact) mass is 456 g/mol. The SMILES string of the molecule is Nc1nc(N)c2c(CCCc3ccc(C(=O)N[C@@H](CCC(=O)O)C(=O)O)cc3)c(O)[nH]c2n1. The molecule has 174 valence electrons. The number of anilines is 2. The van der Waals surface area contributed by atoms with Crippen LogP contribution < -0.4 is 16.8 Å². The predicted molar refractivity (Wildman–Crippen MR) is 119 cm³/mol. The molecule has 2 heterocycles. The summed E-state index contributed by atoms with van der Waals surface area (Å²) in [4.78, 5) is 44.9. The fourth-order valence-electron chi connectivity index (χ4n) is 3.49. The van der Waals surface area contributed by atoms with Gasteiger partial charge in [-0.15, -0.1) is 0 Å². The Morgan fingerprint density at radius 3 is 2.39 bits per heavy atom. The van der Waals surface area contributed by atoms with Crippen molar-refractivity contribution in [1.82, 2.24) is 20.3 Å². The first-order chi connectivity index (χ1) is 15.7. The van der Waals surface area contributed by atoms with Gasteiger partial charge in [0.1, 0.15) is 17.5 Å². The van der Waals surface area contributed by atoms with Gasteiger partial charge in [-0.1, -0.05) is 12.1 Å². The number of rotatable bonds is 10. The number of amides is 1. The number of aryl methyl sites for hydroxylation is 2. The predicted octanol–water partition coefficient (Wildman–Crippen LogP) is 1.05. The van der Waals surface area contributed by atoms with E-state index in [0.717, 1.165) is 5.56 Å². The summed E-state index contributed by atoms with van der Waals surface area (Å²) < 4.78 is 0. The van der Waals surface area contributed by atoms with Crippen LogP contribution in [0.4, 0.5) is 11.8 Å². The van der Waals surface area contributed by atoms with Gasteiger partial charge in [0.2, 0.25) is 5.95 Å². The van der Waals surface area contributed by atoms with Crippen LogP contribution in [0.2, 0.25) is 0 Å². The van der Waals surface area contributed by atoms with Crippen LogP contribution in [0.5, 0.6) is 5.88 Å². The summed E-state index contributed by atoms with van der Waals surface area (Å²) >= 11 is 0. The molecule has 0 fully saturated rings. The second-order valence-corrected chi connectivity index (χ2v) is 7.49. The number of aromatic amines is 1. The average molecular weight is 456 g/mol. The number of aromatic hydroxyl groups is 1. The Morgan fingerprint density at radius 1 is 1.06 bits per heavy atom. The molecule has 12 heteroatoms. The number of nitrogens with two attached hydrogens (primary N) is 2. The molecule has 1 amide bonds. The van der Waals surface area contributed by atoms with Gasteiger partial charge < -0.3 is 37.1 Å². The average Bonchev–Trinajstić information content (AvgIpc) is 3.06. The Hall–Kier alpha value is -4.35. The lowest BCUT2D eigenvalue weighted by Gasteiger charge is -2.13. The molecular weight excluding hydrogens is 432 g/mol. The van der Waals surface area contributed by atoms with Crippen molar-refractivity contribution in [2.24, 2.45) is 0 Å². The lowest BCUT2D eigenvalue weighted by molar-refractivity contribution is -0.140. The van der Waals surface area contributed by atoms with E-state index in [9.17, 15) is 19.5 Å². The number of nitrogen functional groups attached to an aromatic ring is 2. The molecule has 0 aliphatic heterocycles. The fraction of sp³-hybridized carbons (Fsp3) is 0.286. The molecule has 1 aromatic carbocycles. The van der Waals surface area contributed by atoms with Gasteiger partial charge in [0.25, 0.3) is 5.91 Å². The van der Waals surface area contributed by atoms with E-state index in [2.05, 4.69) is 20.3 Å². The van der Waals surface area contributed by atoms with E-state index in [4.69, 9.17) is 21.7 Å². The molecule has 0 bridgehead atoms. The van der Waals surface area contributed by atoms with Crippen molar-refractivity contribution in [3.05, 3.63) is 41.0 Å². The van der Waals surface area contributed by atoms with E-state index in [1.807, 2.05) is 0 Å². The van der Waals surface area contributed by atoms with Crippen LogP contribution in [0, 0.1) is 0 Å². The maximum atomic E-state index is 12.3. The zero-order chi connectivity index (χ0) is 24.1. The molecule has 0 saturated carbocycles. The largest absolute Gasteiger partial charge is 0.494 e. The van der Waals surface area contributed by atoms with E-state index in [0.29, 0.717) is 35.9 Å². The maximum absolute atomic E-state index is 12.3. The molecular formula is C21H24N6O6. The van der Waals surface area contributed by atoms with Gasteiger partial charge in [-0.3, -0.25) is 9.59 Å². The third-order valence-electron chi connectivity index (χ3n) is 5.14. The maximum Gasteiger partial charge on any atom is 0.326 e.